The Bertz CT molecular complexity index is 436. The first-order chi connectivity index (χ1) is 8.41. The lowest BCUT2D eigenvalue weighted by Crippen LogP contribution is -2.52. The third-order valence-electron chi connectivity index (χ3n) is 3.10. The largest absolute Gasteiger partial charge is 0.369 e. The van der Waals surface area contributed by atoms with Crippen LogP contribution in [-0.2, 0) is 10.1 Å². The number of nitrogens with zero attached hydrogens (tertiary/aromatic N) is 1. The van der Waals surface area contributed by atoms with Crippen molar-refractivity contribution in [2.75, 3.05) is 18.0 Å². The van der Waals surface area contributed by atoms with Crippen LogP contribution in [0.1, 0.15) is 26.3 Å². The van der Waals surface area contributed by atoms with Crippen molar-refractivity contribution in [3.8, 4) is 0 Å². The van der Waals surface area contributed by atoms with Gasteiger partial charge in [0.2, 0.25) is 0 Å². The molecule has 1 aromatic rings. The zero-order chi connectivity index (χ0) is 13.3. The van der Waals surface area contributed by atoms with Crippen molar-refractivity contribution in [2.45, 2.75) is 37.8 Å². The van der Waals surface area contributed by atoms with Crippen LogP contribution in [0.25, 0.3) is 0 Å². The second kappa shape index (κ2) is 5.40. The monoisotopic (exact) mass is 331 g/mol. The highest BCUT2D eigenvalue weighted by Gasteiger charge is 2.32. The summed E-state index contributed by atoms with van der Waals surface area (Å²) >= 11 is 9.59. The van der Waals surface area contributed by atoms with Gasteiger partial charge in [-0.2, -0.15) is 0 Å². The Balaban J connectivity index is 2.30. The average Bonchev–Trinajstić information content (AvgIpc) is 2.25. The molecule has 2 nitrogen and oxygen atoms in total. The van der Waals surface area contributed by atoms with Crippen LogP contribution >= 0.6 is 27.5 Å². The standard InChI is InChI=1S/C14H19BrClNO/c1-10-8-17(9-14(2,3)18-10)13-5-4-12(16)6-11(13)7-15/h4-6,10H,7-9H2,1-3H3. The van der Waals surface area contributed by atoms with E-state index in [0.29, 0.717) is 0 Å². The molecular weight excluding hydrogens is 314 g/mol. The molecule has 1 aromatic carbocycles. The van der Waals surface area contributed by atoms with Crippen molar-refractivity contribution >= 4 is 33.2 Å². The summed E-state index contributed by atoms with van der Waals surface area (Å²) in [6.07, 6.45) is 0.243. The fourth-order valence-electron chi connectivity index (χ4n) is 2.61. The van der Waals surface area contributed by atoms with Gasteiger partial charge in [-0.3, -0.25) is 0 Å². The number of anilines is 1. The minimum atomic E-state index is -0.110. The highest BCUT2D eigenvalue weighted by atomic mass is 79.9. The van der Waals surface area contributed by atoms with Crippen molar-refractivity contribution in [3.63, 3.8) is 0 Å². The smallest absolute Gasteiger partial charge is 0.0805 e. The third-order valence-corrected chi connectivity index (χ3v) is 3.93. The first-order valence-electron chi connectivity index (χ1n) is 6.18. The van der Waals surface area contributed by atoms with Gasteiger partial charge in [0.25, 0.3) is 0 Å². The fraction of sp³-hybridized carbons (Fsp3) is 0.571. The molecule has 1 saturated heterocycles. The molecule has 0 radical (unpaired) electrons. The molecule has 1 aliphatic heterocycles. The van der Waals surface area contributed by atoms with Gasteiger partial charge in [-0.1, -0.05) is 27.5 Å². The Morgan fingerprint density at radius 3 is 2.83 bits per heavy atom. The quantitative estimate of drug-likeness (QED) is 0.751. The van der Waals surface area contributed by atoms with Crippen LogP contribution < -0.4 is 4.90 Å². The predicted molar refractivity (Wildman–Crippen MR) is 80.9 cm³/mol. The summed E-state index contributed by atoms with van der Waals surface area (Å²) in [5.74, 6) is 0. The minimum Gasteiger partial charge on any atom is -0.369 e. The second-order valence-corrected chi connectivity index (χ2v) is 6.47. The third kappa shape index (κ3) is 3.19. The number of halogens is 2. The van der Waals surface area contributed by atoms with Gasteiger partial charge in [0.05, 0.1) is 11.7 Å². The van der Waals surface area contributed by atoms with Crippen molar-refractivity contribution in [3.05, 3.63) is 28.8 Å². The lowest BCUT2D eigenvalue weighted by molar-refractivity contribution is -0.0750. The SMILES string of the molecule is CC1CN(c2ccc(Cl)cc2CBr)CC(C)(C)O1. The molecule has 0 aliphatic carbocycles. The van der Waals surface area contributed by atoms with Gasteiger partial charge >= 0.3 is 0 Å². The maximum atomic E-state index is 6.06. The number of ether oxygens (including phenoxy) is 1. The van der Waals surface area contributed by atoms with E-state index in [9.17, 15) is 0 Å². The molecule has 100 valence electrons. The summed E-state index contributed by atoms with van der Waals surface area (Å²) in [5.41, 5.74) is 2.37. The predicted octanol–water partition coefficient (Wildman–Crippen LogP) is 4.24. The molecular formula is C14H19BrClNO. The van der Waals surface area contributed by atoms with Gasteiger partial charge in [0.15, 0.2) is 0 Å². The van der Waals surface area contributed by atoms with Gasteiger partial charge < -0.3 is 9.64 Å². The number of hydrogen-bond donors (Lipinski definition) is 0. The summed E-state index contributed by atoms with van der Waals surface area (Å²) in [7, 11) is 0. The summed E-state index contributed by atoms with van der Waals surface area (Å²) in [4.78, 5) is 2.39. The highest BCUT2D eigenvalue weighted by molar-refractivity contribution is 9.08. The van der Waals surface area contributed by atoms with Crippen LogP contribution in [0.15, 0.2) is 18.2 Å². The number of alkyl halides is 1. The number of hydrogen-bond acceptors (Lipinski definition) is 2. The van der Waals surface area contributed by atoms with Gasteiger partial charge in [0, 0.05) is 29.1 Å². The summed E-state index contributed by atoms with van der Waals surface area (Å²) in [6.45, 7) is 8.22. The number of morpholine rings is 1. The maximum absolute atomic E-state index is 6.06. The van der Waals surface area contributed by atoms with E-state index in [1.165, 1.54) is 11.3 Å². The molecule has 1 aliphatic rings. The van der Waals surface area contributed by atoms with E-state index in [1.54, 1.807) is 0 Å². The van der Waals surface area contributed by atoms with Crippen LogP contribution in [0.2, 0.25) is 5.02 Å². The Morgan fingerprint density at radius 1 is 1.50 bits per heavy atom. The van der Waals surface area contributed by atoms with E-state index in [-0.39, 0.29) is 11.7 Å². The maximum Gasteiger partial charge on any atom is 0.0805 e. The van der Waals surface area contributed by atoms with Crippen LogP contribution in [-0.4, -0.2) is 24.8 Å². The molecule has 0 saturated carbocycles. The second-order valence-electron chi connectivity index (χ2n) is 5.48. The van der Waals surface area contributed by atoms with E-state index in [0.717, 1.165) is 23.4 Å². The van der Waals surface area contributed by atoms with Crippen molar-refractivity contribution in [1.29, 1.82) is 0 Å². The van der Waals surface area contributed by atoms with E-state index in [1.807, 2.05) is 12.1 Å². The zero-order valence-corrected chi connectivity index (χ0v) is 13.4. The normalized spacial score (nSPS) is 23.2. The molecule has 0 spiro atoms. The molecule has 1 fully saturated rings. The van der Waals surface area contributed by atoms with E-state index >= 15 is 0 Å². The first kappa shape index (κ1) is 14.2. The molecule has 0 bridgehead atoms. The zero-order valence-electron chi connectivity index (χ0n) is 11.0. The average molecular weight is 333 g/mol. The van der Waals surface area contributed by atoms with Crippen LogP contribution in [0.3, 0.4) is 0 Å². The Kier molecular flexibility index (Phi) is 4.25. The van der Waals surface area contributed by atoms with Gasteiger partial charge in [0.1, 0.15) is 0 Å². The van der Waals surface area contributed by atoms with Crippen LogP contribution in [0.5, 0.6) is 0 Å². The molecule has 18 heavy (non-hydrogen) atoms. The van der Waals surface area contributed by atoms with Crippen LogP contribution in [0.4, 0.5) is 5.69 Å². The fourth-order valence-corrected chi connectivity index (χ4v) is 3.25. The Morgan fingerprint density at radius 2 is 2.22 bits per heavy atom. The Labute approximate surface area is 122 Å². The molecule has 0 amide bonds. The minimum absolute atomic E-state index is 0.110. The molecule has 2 rings (SSSR count). The van der Waals surface area contributed by atoms with Gasteiger partial charge in [-0.15, -0.1) is 0 Å². The molecule has 0 N–H and O–H groups in total. The first-order valence-corrected chi connectivity index (χ1v) is 7.68. The number of benzene rings is 1. The summed E-state index contributed by atoms with van der Waals surface area (Å²) < 4.78 is 5.94. The highest BCUT2D eigenvalue weighted by Crippen LogP contribution is 2.31. The molecule has 1 atom stereocenters. The Hall–Kier alpha value is -0.250. The van der Waals surface area contributed by atoms with Crippen LogP contribution in [0, 0.1) is 0 Å². The van der Waals surface area contributed by atoms with Crippen molar-refractivity contribution in [2.24, 2.45) is 0 Å². The van der Waals surface area contributed by atoms with Gasteiger partial charge in [-0.25, -0.2) is 0 Å². The van der Waals surface area contributed by atoms with Gasteiger partial charge in [-0.05, 0) is 44.5 Å². The molecule has 1 heterocycles. The topological polar surface area (TPSA) is 12.5 Å². The van der Waals surface area contributed by atoms with Crippen molar-refractivity contribution in [1.82, 2.24) is 0 Å². The molecule has 0 aromatic heterocycles. The molecule has 1 unspecified atom stereocenters. The van der Waals surface area contributed by atoms with E-state index < -0.39 is 0 Å². The lowest BCUT2D eigenvalue weighted by Gasteiger charge is -2.43. The molecule has 4 heteroatoms. The lowest BCUT2D eigenvalue weighted by atomic mass is 10.0. The van der Waals surface area contributed by atoms with E-state index in [4.69, 9.17) is 16.3 Å². The summed E-state index contributed by atoms with van der Waals surface area (Å²) in [6, 6.07) is 6.09. The summed E-state index contributed by atoms with van der Waals surface area (Å²) in [5, 5.41) is 1.60. The number of rotatable bonds is 2. The van der Waals surface area contributed by atoms with Crippen molar-refractivity contribution < 1.29 is 4.74 Å². The van der Waals surface area contributed by atoms with E-state index in [2.05, 4.69) is 47.7 Å².